The van der Waals surface area contributed by atoms with E-state index in [0.717, 1.165) is 5.70 Å². The Bertz CT molecular complexity index is 1010. The molecule has 2 N–H and O–H groups in total. The highest BCUT2D eigenvalue weighted by Gasteiger charge is 2.34. The molecule has 9 heteroatoms. The van der Waals surface area contributed by atoms with Gasteiger partial charge in [0.1, 0.15) is 11.5 Å². The summed E-state index contributed by atoms with van der Waals surface area (Å²) < 4.78 is 10.9. The molecule has 0 saturated heterocycles. The lowest BCUT2D eigenvalue weighted by atomic mass is 9.84. The second-order valence-corrected chi connectivity index (χ2v) is 8.53. The van der Waals surface area contributed by atoms with E-state index in [1.54, 1.807) is 48.5 Å². The SMILES string of the molecule is CC1(NC(=O)COc2ccc(Cl)c(Cl)c2)C=C(NC(=O)CCOc2cccc(Cl)c2)C1. The van der Waals surface area contributed by atoms with Gasteiger partial charge in [-0.15, -0.1) is 0 Å². The third kappa shape index (κ3) is 7.06. The maximum absolute atomic E-state index is 12.2. The van der Waals surface area contributed by atoms with Gasteiger partial charge in [-0.25, -0.2) is 0 Å². The van der Waals surface area contributed by atoms with Gasteiger partial charge in [0.2, 0.25) is 5.91 Å². The van der Waals surface area contributed by atoms with Crippen LogP contribution in [0.2, 0.25) is 15.1 Å². The minimum atomic E-state index is -0.544. The summed E-state index contributed by atoms with van der Waals surface area (Å²) in [5.74, 6) is 0.614. The fourth-order valence-corrected chi connectivity index (χ4v) is 3.51. The highest BCUT2D eigenvalue weighted by atomic mass is 35.5. The number of carbonyl (C=O) groups excluding carboxylic acids is 2. The van der Waals surface area contributed by atoms with E-state index in [2.05, 4.69) is 10.6 Å². The van der Waals surface area contributed by atoms with Crippen LogP contribution in [0.15, 0.2) is 54.2 Å². The molecule has 1 aliphatic carbocycles. The molecule has 164 valence electrons. The summed E-state index contributed by atoms with van der Waals surface area (Å²) in [6.45, 7) is 1.94. The van der Waals surface area contributed by atoms with Crippen molar-refractivity contribution in [3.63, 3.8) is 0 Å². The molecule has 2 aromatic rings. The van der Waals surface area contributed by atoms with Crippen LogP contribution < -0.4 is 20.1 Å². The molecular formula is C22H21Cl3N2O4. The molecule has 31 heavy (non-hydrogen) atoms. The largest absolute Gasteiger partial charge is 0.493 e. The van der Waals surface area contributed by atoms with Gasteiger partial charge in [0.15, 0.2) is 6.61 Å². The first-order valence-corrected chi connectivity index (χ1v) is 10.6. The predicted molar refractivity (Wildman–Crippen MR) is 121 cm³/mol. The Morgan fingerprint density at radius 2 is 1.74 bits per heavy atom. The monoisotopic (exact) mass is 482 g/mol. The van der Waals surface area contributed by atoms with Crippen molar-refractivity contribution in [1.82, 2.24) is 10.6 Å². The van der Waals surface area contributed by atoms with Crippen LogP contribution in [0.5, 0.6) is 11.5 Å². The van der Waals surface area contributed by atoms with E-state index in [1.165, 1.54) is 0 Å². The standard InChI is InChI=1S/C22H21Cl3N2O4/c1-22(27-21(29)13-31-17-5-6-18(24)19(25)10-17)11-15(12-22)26-20(28)7-8-30-16-4-2-3-14(23)9-16/h2-6,9-11H,7-8,12-13H2,1H3,(H,26,28)(H,27,29). The predicted octanol–water partition coefficient (Wildman–Crippen LogP) is 4.77. The number of hydrogen-bond donors (Lipinski definition) is 2. The zero-order valence-corrected chi connectivity index (χ0v) is 19.0. The zero-order chi connectivity index (χ0) is 22.4. The van der Waals surface area contributed by atoms with E-state index >= 15 is 0 Å². The average molecular weight is 484 g/mol. The molecule has 3 rings (SSSR count). The third-order valence-electron chi connectivity index (χ3n) is 4.43. The topological polar surface area (TPSA) is 76.7 Å². The van der Waals surface area contributed by atoms with Crippen molar-refractivity contribution >= 4 is 46.6 Å². The molecule has 0 radical (unpaired) electrons. The highest BCUT2D eigenvalue weighted by molar-refractivity contribution is 6.42. The summed E-state index contributed by atoms with van der Waals surface area (Å²) in [6.07, 6.45) is 2.51. The molecule has 0 saturated carbocycles. The van der Waals surface area contributed by atoms with Crippen molar-refractivity contribution in [2.45, 2.75) is 25.3 Å². The Labute approximate surface area is 195 Å². The molecular weight excluding hydrogens is 463 g/mol. The van der Waals surface area contributed by atoms with Crippen molar-refractivity contribution in [2.24, 2.45) is 0 Å². The average Bonchev–Trinajstić information content (AvgIpc) is 2.68. The van der Waals surface area contributed by atoms with E-state index in [9.17, 15) is 9.59 Å². The van der Waals surface area contributed by atoms with E-state index in [4.69, 9.17) is 44.3 Å². The summed E-state index contributed by atoms with van der Waals surface area (Å²) in [6, 6.07) is 11.8. The Hall–Kier alpha value is -2.41. The molecule has 0 aromatic heterocycles. The van der Waals surface area contributed by atoms with Crippen molar-refractivity contribution in [1.29, 1.82) is 0 Å². The van der Waals surface area contributed by atoms with Crippen LogP contribution in [0, 0.1) is 0 Å². The van der Waals surface area contributed by atoms with Crippen LogP contribution >= 0.6 is 34.8 Å². The number of amides is 2. The van der Waals surface area contributed by atoms with Gasteiger partial charge < -0.3 is 20.1 Å². The number of rotatable bonds is 9. The second kappa shape index (κ2) is 10.3. The van der Waals surface area contributed by atoms with Gasteiger partial charge in [-0.1, -0.05) is 40.9 Å². The van der Waals surface area contributed by atoms with Gasteiger partial charge in [0.05, 0.1) is 28.6 Å². The van der Waals surface area contributed by atoms with Gasteiger partial charge in [-0.3, -0.25) is 9.59 Å². The Kier molecular flexibility index (Phi) is 7.70. The smallest absolute Gasteiger partial charge is 0.258 e. The maximum Gasteiger partial charge on any atom is 0.258 e. The number of ether oxygens (including phenoxy) is 2. The lowest BCUT2D eigenvalue weighted by Gasteiger charge is -2.37. The molecule has 0 spiro atoms. The minimum Gasteiger partial charge on any atom is -0.493 e. The maximum atomic E-state index is 12.2. The molecule has 2 amide bonds. The molecule has 1 unspecified atom stereocenters. The van der Waals surface area contributed by atoms with Crippen LogP contribution in [0.4, 0.5) is 0 Å². The number of nitrogens with one attached hydrogen (secondary N) is 2. The second-order valence-electron chi connectivity index (χ2n) is 7.28. The van der Waals surface area contributed by atoms with Gasteiger partial charge >= 0.3 is 0 Å². The van der Waals surface area contributed by atoms with Crippen molar-refractivity contribution in [3.05, 3.63) is 69.3 Å². The third-order valence-corrected chi connectivity index (χ3v) is 5.40. The number of benzene rings is 2. The Balaban J connectivity index is 1.37. The highest BCUT2D eigenvalue weighted by Crippen LogP contribution is 2.29. The molecule has 1 atom stereocenters. The van der Waals surface area contributed by atoms with E-state index in [1.807, 2.05) is 6.92 Å². The first-order valence-electron chi connectivity index (χ1n) is 9.51. The summed E-state index contributed by atoms with van der Waals surface area (Å²) in [5.41, 5.74) is 0.207. The molecule has 0 bridgehead atoms. The fourth-order valence-electron chi connectivity index (χ4n) is 3.04. The van der Waals surface area contributed by atoms with Crippen LogP contribution in [0.3, 0.4) is 0 Å². The van der Waals surface area contributed by atoms with Crippen molar-refractivity contribution in [3.8, 4) is 11.5 Å². The molecule has 1 aliphatic rings. The fraction of sp³-hybridized carbons (Fsp3) is 0.273. The van der Waals surface area contributed by atoms with Crippen LogP contribution in [-0.2, 0) is 9.59 Å². The summed E-state index contributed by atoms with van der Waals surface area (Å²) >= 11 is 17.7. The molecule has 0 heterocycles. The van der Waals surface area contributed by atoms with E-state index in [-0.39, 0.29) is 31.4 Å². The van der Waals surface area contributed by atoms with Crippen molar-refractivity contribution in [2.75, 3.05) is 13.2 Å². The Morgan fingerprint density at radius 3 is 2.45 bits per heavy atom. The summed E-state index contributed by atoms with van der Waals surface area (Å²) in [7, 11) is 0. The molecule has 2 aromatic carbocycles. The van der Waals surface area contributed by atoms with Crippen LogP contribution in [0.25, 0.3) is 0 Å². The van der Waals surface area contributed by atoms with Gasteiger partial charge in [-0.05, 0) is 43.3 Å². The van der Waals surface area contributed by atoms with Crippen LogP contribution in [-0.4, -0.2) is 30.6 Å². The first kappa shape index (κ1) is 23.3. The summed E-state index contributed by atoms with van der Waals surface area (Å²) in [4.78, 5) is 24.2. The quantitative estimate of drug-likeness (QED) is 0.538. The number of halogens is 3. The van der Waals surface area contributed by atoms with Gasteiger partial charge in [0, 0.05) is 23.2 Å². The van der Waals surface area contributed by atoms with Gasteiger partial charge in [0.25, 0.3) is 5.91 Å². The zero-order valence-electron chi connectivity index (χ0n) is 16.7. The molecule has 0 aliphatic heterocycles. The number of carbonyl (C=O) groups is 2. The van der Waals surface area contributed by atoms with Gasteiger partial charge in [-0.2, -0.15) is 0 Å². The minimum absolute atomic E-state index is 0.162. The van der Waals surface area contributed by atoms with E-state index in [0.29, 0.717) is 33.0 Å². The first-order chi connectivity index (χ1) is 14.7. The Morgan fingerprint density at radius 1 is 1.00 bits per heavy atom. The summed E-state index contributed by atoms with van der Waals surface area (Å²) in [5, 5.41) is 7.03. The molecule has 6 nitrogen and oxygen atoms in total. The lowest BCUT2D eigenvalue weighted by Crippen LogP contribution is -2.53. The lowest BCUT2D eigenvalue weighted by molar-refractivity contribution is -0.124. The van der Waals surface area contributed by atoms with Crippen LogP contribution in [0.1, 0.15) is 19.8 Å². The molecule has 0 fully saturated rings. The van der Waals surface area contributed by atoms with E-state index < -0.39 is 5.54 Å². The normalized spacial score (nSPS) is 17.2. The van der Waals surface area contributed by atoms with Crippen molar-refractivity contribution < 1.29 is 19.1 Å². The number of hydrogen-bond acceptors (Lipinski definition) is 4.